The van der Waals surface area contributed by atoms with Gasteiger partial charge in [0.25, 0.3) is 0 Å². The molecule has 0 aromatic heterocycles. The van der Waals surface area contributed by atoms with Crippen LogP contribution in [0.3, 0.4) is 0 Å². The minimum Gasteiger partial charge on any atom is -0.197 e. The summed E-state index contributed by atoms with van der Waals surface area (Å²) in [5.74, 6) is 0.158. The van der Waals surface area contributed by atoms with Crippen LogP contribution in [0.2, 0.25) is 0 Å². The molecule has 0 saturated heterocycles. The Morgan fingerprint density at radius 3 is 1.94 bits per heavy atom. The van der Waals surface area contributed by atoms with Crippen LogP contribution in [0.25, 0.3) is 0 Å². The highest BCUT2D eigenvalue weighted by molar-refractivity contribution is 5.38. The molecular formula is C17H17N. The quantitative estimate of drug-likeness (QED) is 0.779. The van der Waals surface area contributed by atoms with Crippen LogP contribution in [0.5, 0.6) is 0 Å². The molecule has 0 saturated carbocycles. The van der Waals surface area contributed by atoms with Gasteiger partial charge in [-0.15, -0.1) is 0 Å². The highest BCUT2D eigenvalue weighted by Gasteiger charge is 2.33. The van der Waals surface area contributed by atoms with Gasteiger partial charge in [0.1, 0.15) is 0 Å². The first-order valence-electron chi connectivity index (χ1n) is 6.20. The summed E-state index contributed by atoms with van der Waals surface area (Å²) in [6, 6.07) is 22.7. The van der Waals surface area contributed by atoms with Gasteiger partial charge in [-0.25, -0.2) is 0 Å². The zero-order chi connectivity index (χ0) is 13.0. The molecule has 0 aliphatic rings. The van der Waals surface area contributed by atoms with Gasteiger partial charge in [-0.05, 0) is 18.1 Å². The summed E-state index contributed by atoms with van der Waals surface area (Å²) in [6.45, 7) is 4.13. The van der Waals surface area contributed by atoms with E-state index < -0.39 is 5.41 Å². The molecule has 2 aromatic rings. The molecule has 90 valence electrons. The van der Waals surface area contributed by atoms with Gasteiger partial charge in [0, 0.05) is 5.92 Å². The lowest BCUT2D eigenvalue weighted by Gasteiger charge is -2.29. The number of nitrogens with zero attached hydrogens (tertiary/aromatic N) is 1. The highest BCUT2D eigenvalue weighted by Crippen LogP contribution is 2.37. The van der Waals surface area contributed by atoms with E-state index in [-0.39, 0.29) is 5.92 Å². The normalized spacial score (nSPS) is 15.4. The summed E-state index contributed by atoms with van der Waals surface area (Å²) in [7, 11) is 0. The second kappa shape index (κ2) is 5.06. The minimum absolute atomic E-state index is 0.158. The summed E-state index contributed by atoms with van der Waals surface area (Å²) in [5.41, 5.74) is 1.78. The Balaban J connectivity index is 2.43. The highest BCUT2D eigenvalue weighted by atomic mass is 14.4. The second-order valence-electron chi connectivity index (χ2n) is 4.81. The van der Waals surface area contributed by atoms with Crippen LogP contribution in [0.1, 0.15) is 30.9 Å². The van der Waals surface area contributed by atoms with Crippen LogP contribution < -0.4 is 0 Å². The van der Waals surface area contributed by atoms with E-state index >= 15 is 0 Å². The lowest BCUT2D eigenvalue weighted by molar-refractivity contribution is 0.504. The van der Waals surface area contributed by atoms with Gasteiger partial charge in [-0.1, -0.05) is 67.6 Å². The third kappa shape index (κ3) is 2.15. The van der Waals surface area contributed by atoms with Crippen LogP contribution in [0.15, 0.2) is 60.7 Å². The van der Waals surface area contributed by atoms with Crippen molar-refractivity contribution in [3.05, 3.63) is 71.8 Å². The number of benzene rings is 2. The summed E-state index contributed by atoms with van der Waals surface area (Å²) < 4.78 is 0. The van der Waals surface area contributed by atoms with E-state index in [0.29, 0.717) is 0 Å². The number of rotatable bonds is 3. The molecule has 0 N–H and O–H groups in total. The molecule has 0 fully saturated rings. The molecule has 0 heterocycles. The van der Waals surface area contributed by atoms with Crippen molar-refractivity contribution in [3.8, 4) is 6.07 Å². The van der Waals surface area contributed by atoms with E-state index in [1.54, 1.807) is 0 Å². The Bertz CT molecular complexity index is 539. The average Bonchev–Trinajstić information content (AvgIpc) is 2.47. The third-order valence-corrected chi connectivity index (χ3v) is 3.77. The van der Waals surface area contributed by atoms with E-state index in [2.05, 4.69) is 25.1 Å². The number of hydrogen-bond donors (Lipinski definition) is 0. The lowest BCUT2D eigenvalue weighted by atomic mass is 9.71. The first-order valence-corrected chi connectivity index (χ1v) is 6.20. The van der Waals surface area contributed by atoms with Crippen molar-refractivity contribution >= 4 is 0 Å². The van der Waals surface area contributed by atoms with Gasteiger partial charge in [0.2, 0.25) is 0 Å². The maximum Gasteiger partial charge on any atom is 0.0859 e. The van der Waals surface area contributed by atoms with Crippen LogP contribution in [-0.2, 0) is 5.41 Å². The van der Waals surface area contributed by atoms with Gasteiger partial charge >= 0.3 is 0 Å². The van der Waals surface area contributed by atoms with Crippen molar-refractivity contribution in [2.45, 2.75) is 25.2 Å². The second-order valence-corrected chi connectivity index (χ2v) is 4.81. The van der Waals surface area contributed by atoms with Crippen molar-refractivity contribution in [1.82, 2.24) is 0 Å². The minimum atomic E-state index is -0.497. The Morgan fingerprint density at radius 2 is 1.44 bits per heavy atom. The topological polar surface area (TPSA) is 23.8 Å². The molecule has 0 unspecified atom stereocenters. The fraction of sp³-hybridized carbons (Fsp3) is 0.235. The molecule has 0 aliphatic carbocycles. The summed E-state index contributed by atoms with van der Waals surface area (Å²) in [6.07, 6.45) is 0. The maximum absolute atomic E-state index is 9.62. The lowest BCUT2D eigenvalue weighted by Crippen LogP contribution is -2.26. The van der Waals surface area contributed by atoms with E-state index in [0.717, 1.165) is 5.56 Å². The predicted molar refractivity (Wildman–Crippen MR) is 74.3 cm³/mol. The van der Waals surface area contributed by atoms with E-state index in [1.807, 2.05) is 55.5 Å². The fourth-order valence-electron chi connectivity index (χ4n) is 2.27. The molecule has 2 atom stereocenters. The van der Waals surface area contributed by atoms with Crippen LogP contribution in [-0.4, -0.2) is 0 Å². The number of hydrogen-bond acceptors (Lipinski definition) is 1. The van der Waals surface area contributed by atoms with Crippen molar-refractivity contribution in [2.24, 2.45) is 0 Å². The van der Waals surface area contributed by atoms with Crippen molar-refractivity contribution in [1.29, 1.82) is 5.26 Å². The summed E-state index contributed by atoms with van der Waals surface area (Å²) >= 11 is 0. The molecule has 0 bridgehead atoms. The Labute approximate surface area is 109 Å². The molecular weight excluding hydrogens is 218 g/mol. The van der Waals surface area contributed by atoms with Crippen LogP contribution in [0.4, 0.5) is 0 Å². The first kappa shape index (κ1) is 12.4. The van der Waals surface area contributed by atoms with Gasteiger partial charge < -0.3 is 0 Å². The summed E-state index contributed by atoms with van der Waals surface area (Å²) in [4.78, 5) is 0. The van der Waals surface area contributed by atoms with Crippen molar-refractivity contribution in [3.63, 3.8) is 0 Å². The standard InChI is InChI=1S/C17H17N/c1-14(15-9-5-3-6-10-15)17(2,13-18)16-11-7-4-8-12-16/h3-12,14H,1-2H3/t14-,17+/m0/s1. The van der Waals surface area contributed by atoms with E-state index in [4.69, 9.17) is 0 Å². The SMILES string of the molecule is C[C@@H](c1ccccc1)[C@@](C)(C#N)c1ccccc1. The van der Waals surface area contributed by atoms with Crippen molar-refractivity contribution < 1.29 is 0 Å². The fourth-order valence-corrected chi connectivity index (χ4v) is 2.27. The average molecular weight is 235 g/mol. The molecule has 0 radical (unpaired) electrons. The molecule has 2 rings (SSSR count). The molecule has 0 aliphatic heterocycles. The van der Waals surface area contributed by atoms with E-state index in [9.17, 15) is 5.26 Å². The molecule has 0 amide bonds. The Hall–Kier alpha value is -2.07. The maximum atomic E-state index is 9.62. The molecule has 18 heavy (non-hydrogen) atoms. The predicted octanol–water partition coefficient (Wildman–Crippen LogP) is 4.27. The Kier molecular flexibility index (Phi) is 3.48. The van der Waals surface area contributed by atoms with E-state index in [1.165, 1.54) is 5.56 Å². The van der Waals surface area contributed by atoms with Crippen LogP contribution >= 0.6 is 0 Å². The zero-order valence-corrected chi connectivity index (χ0v) is 10.8. The monoisotopic (exact) mass is 235 g/mol. The summed E-state index contributed by atoms with van der Waals surface area (Å²) in [5, 5.41) is 9.62. The van der Waals surface area contributed by atoms with Gasteiger partial charge in [-0.3, -0.25) is 0 Å². The molecule has 1 nitrogen and oxygen atoms in total. The number of nitriles is 1. The molecule has 1 heteroatoms. The van der Waals surface area contributed by atoms with Gasteiger partial charge in [0.15, 0.2) is 0 Å². The first-order chi connectivity index (χ1) is 8.68. The van der Waals surface area contributed by atoms with Gasteiger partial charge in [0.05, 0.1) is 11.5 Å². The molecule has 2 aromatic carbocycles. The zero-order valence-electron chi connectivity index (χ0n) is 10.8. The Morgan fingerprint density at radius 1 is 0.944 bits per heavy atom. The smallest absolute Gasteiger partial charge is 0.0859 e. The van der Waals surface area contributed by atoms with Gasteiger partial charge in [-0.2, -0.15) is 5.26 Å². The molecule has 0 spiro atoms. The van der Waals surface area contributed by atoms with Crippen molar-refractivity contribution in [2.75, 3.05) is 0 Å². The third-order valence-electron chi connectivity index (χ3n) is 3.77. The largest absolute Gasteiger partial charge is 0.197 e. The van der Waals surface area contributed by atoms with Crippen LogP contribution in [0, 0.1) is 11.3 Å².